The molecular weight excluding hydrogens is 336 g/mol. The van der Waals surface area contributed by atoms with Gasteiger partial charge in [0, 0.05) is 18.0 Å². The minimum absolute atomic E-state index is 0.221. The van der Waals surface area contributed by atoms with Crippen molar-refractivity contribution < 1.29 is 0 Å². The van der Waals surface area contributed by atoms with Crippen molar-refractivity contribution in [2.45, 2.75) is 61.9 Å². The largest absolute Gasteiger partial charge is 0.323 e. The van der Waals surface area contributed by atoms with Crippen LogP contribution in [0.2, 0.25) is 0 Å². The summed E-state index contributed by atoms with van der Waals surface area (Å²) in [5.74, 6) is 2.86. The Morgan fingerprint density at radius 3 is 2.54 bits per heavy atom. The molecular formula is C23H28N2S. The Bertz CT molecular complexity index is 773. The van der Waals surface area contributed by atoms with E-state index >= 15 is 0 Å². The van der Waals surface area contributed by atoms with Gasteiger partial charge >= 0.3 is 0 Å². The number of thioether (sulfide) groups is 1. The van der Waals surface area contributed by atoms with Gasteiger partial charge in [0.25, 0.3) is 0 Å². The molecule has 2 aromatic rings. The lowest BCUT2D eigenvalue weighted by atomic mass is 9.66. The first kappa shape index (κ1) is 16.8. The van der Waals surface area contributed by atoms with E-state index in [-0.39, 0.29) is 6.04 Å². The van der Waals surface area contributed by atoms with Crippen molar-refractivity contribution in [2.24, 2.45) is 17.1 Å². The van der Waals surface area contributed by atoms with Crippen molar-refractivity contribution in [3.05, 3.63) is 59.3 Å². The van der Waals surface area contributed by atoms with Gasteiger partial charge in [0.2, 0.25) is 0 Å². The van der Waals surface area contributed by atoms with E-state index in [0.29, 0.717) is 11.3 Å². The van der Waals surface area contributed by atoms with Crippen LogP contribution in [0.5, 0.6) is 0 Å². The van der Waals surface area contributed by atoms with Crippen molar-refractivity contribution in [3.63, 3.8) is 0 Å². The van der Waals surface area contributed by atoms with E-state index in [4.69, 9.17) is 10.7 Å². The van der Waals surface area contributed by atoms with E-state index in [0.717, 1.165) is 5.92 Å². The number of nitrogens with zero attached hydrogens (tertiary/aromatic N) is 1. The van der Waals surface area contributed by atoms with Gasteiger partial charge in [0.05, 0.1) is 5.03 Å². The summed E-state index contributed by atoms with van der Waals surface area (Å²) in [6, 6.07) is 13.6. The maximum atomic E-state index is 6.71. The number of rotatable bonds is 4. The first-order valence-corrected chi connectivity index (χ1v) is 11.1. The molecule has 1 aromatic carbocycles. The van der Waals surface area contributed by atoms with Crippen molar-refractivity contribution in [3.8, 4) is 0 Å². The molecule has 0 amide bonds. The molecule has 5 rings (SSSR count). The molecule has 136 valence electrons. The highest BCUT2D eigenvalue weighted by molar-refractivity contribution is 7.99. The highest BCUT2D eigenvalue weighted by Crippen LogP contribution is 2.55. The molecule has 2 nitrogen and oxygen atoms in total. The molecule has 2 fully saturated rings. The quantitative estimate of drug-likeness (QED) is 0.730. The summed E-state index contributed by atoms with van der Waals surface area (Å²) in [4.78, 5) is 4.73. The van der Waals surface area contributed by atoms with Crippen LogP contribution in [0, 0.1) is 11.3 Å². The molecule has 1 spiro atoms. The summed E-state index contributed by atoms with van der Waals surface area (Å²) < 4.78 is 0. The van der Waals surface area contributed by atoms with E-state index < -0.39 is 0 Å². The first-order valence-electron chi connectivity index (χ1n) is 10.2. The zero-order valence-electron chi connectivity index (χ0n) is 15.4. The molecule has 1 aromatic heterocycles. The fourth-order valence-corrected chi connectivity index (χ4v) is 6.07. The third-order valence-electron chi connectivity index (χ3n) is 6.97. The predicted octanol–water partition coefficient (Wildman–Crippen LogP) is 5.48. The van der Waals surface area contributed by atoms with Crippen LogP contribution < -0.4 is 5.73 Å². The second-order valence-electron chi connectivity index (χ2n) is 8.67. The Kier molecular flexibility index (Phi) is 4.33. The smallest absolute Gasteiger partial charge is 0.0960 e. The van der Waals surface area contributed by atoms with Gasteiger partial charge < -0.3 is 5.73 Å². The minimum Gasteiger partial charge on any atom is -0.323 e. The van der Waals surface area contributed by atoms with Gasteiger partial charge in [-0.15, -0.1) is 11.8 Å². The number of hydrogen-bond acceptors (Lipinski definition) is 3. The number of hydrogen-bond donors (Lipinski definition) is 1. The number of pyridine rings is 1. The van der Waals surface area contributed by atoms with Crippen molar-refractivity contribution in [2.75, 3.05) is 5.75 Å². The Labute approximate surface area is 161 Å². The average Bonchev–Trinajstić information content (AvgIpc) is 3.48. The topological polar surface area (TPSA) is 38.9 Å². The van der Waals surface area contributed by atoms with Gasteiger partial charge in [0.15, 0.2) is 0 Å². The first-order chi connectivity index (χ1) is 12.7. The minimum atomic E-state index is 0.221. The van der Waals surface area contributed by atoms with Gasteiger partial charge in [-0.25, -0.2) is 4.98 Å². The van der Waals surface area contributed by atoms with Crippen LogP contribution >= 0.6 is 11.8 Å². The molecule has 0 bridgehead atoms. The molecule has 0 aliphatic heterocycles. The summed E-state index contributed by atoms with van der Waals surface area (Å²) in [7, 11) is 0. The molecule has 2 saturated carbocycles. The number of nitrogens with two attached hydrogens (primary N) is 1. The standard InChI is InChI=1S/C23H28N2S/c24-22-20-4-2-1-3-18(20)13-23(22)11-9-17(10-12-23)19-7-8-21(25-14-19)26-15-16-5-6-16/h1-4,7-8,14,16-17,22H,5-6,9-13,15,24H2/t17?,22-,23?/m1/s1. The molecule has 0 radical (unpaired) electrons. The van der Waals surface area contributed by atoms with Crippen LogP contribution in [0.25, 0.3) is 0 Å². The second kappa shape index (κ2) is 6.69. The van der Waals surface area contributed by atoms with Crippen LogP contribution in [0.15, 0.2) is 47.6 Å². The maximum absolute atomic E-state index is 6.71. The number of benzene rings is 1. The van der Waals surface area contributed by atoms with Gasteiger partial charge in [0.1, 0.15) is 0 Å². The lowest BCUT2D eigenvalue weighted by Gasteiger charge is -2.40. The molecule has 26 heavy (non-hydrogen) atoms. The van der Waals surface area contributed by atoms with Crippen LogP contribution in [0.1, 0.15) is 67.2 Å². The molecule has 1 heterocycles. The zero-order valence-corrected chi connectivity index (χ0v) is 16.2. The highest BCUT2D eigenvalue weighted by Gasteiger charge is 2.46. The van der Waals surface area contributed by atoms with E-state index in [1.54, 1.807) is 0 Å². The monoisotopic (exact) mass is 364 g/mol. The summed E-state index contributed by atoms with van der Waals surface area (Å²) in [6.45, 7) is 0. The van der Waals surface area contributed by atoms with Gasteiger partial charge in [-0.1, -0.05) is 30.3 Å². The Morgan fingerprint density at radius 1 is 1.04 bits per heavy atom. The highest BCUT2D eigenvalue weighted by atomic mass is 32.2. The molecule has 0 unspecified atom stereocenters. The Hall–Kier alpha value is -1.32. The van der Waals surface area contributed by atoms with E-state index in [1.165, 1.54) is 72.4 Å². The molecule has 3 aliphatic carbocycles. The van der Waals surface area contributed by atoms with Crippen LogP contribution in [0.4, 0.5) is 0 Å². The molecule has 0 saturated heterocycles. The summed E-state index contributed by atoms with van der Waals surface area (Å²) in [6.07, 6.45) is 11.1. The van der Waals surface area contributed by atoms with E-state index in [9.17, 15) is 0 Å². The average molecular weight is 365 g/mol. The van der Waals surface area contributed by atoms with Crippen LogP contribution in [-0.4, -0.2) is 10.7 Å². The zero-order chi connectivity index (χ0) is 17.6. The fourth-order valence-electron chi connectivity index (χ4n) is 5.04. The summed E-state index contributed by atoms with van der Waals surface area (Å²) >= 11 is 1.93. The summed E-state index contributed by atoms with van der Waals surface area (Å²) in [5.41, 5.74) is 11.3. The Morgan fingerprint density at radius 2 is 1.85 bits per heavy atom. The molecule has 3 heteroatoms. The fraction of sp³-hybridized carbons (Fsp3) is 0.522. The van der Waals surface area contributed by atoms with Crippen molar-refractivity contribution >= 4 is 11.8 Å². The number of aromatic nitrogens is 1. The molecule has 1 atom stereocenters. The van der Waals surface area contributed by atoms with Crippen molar-refractivity contribution in [1.29, 1.82) is 0 Å². The SMILES string of the molecule is N[C@@H]1c2ccccc2CC12CCC(c1ccc(SCC3CC3)nc1)CC2. The van der Waals surface area contributed by atoms with E-state index in [1.807, 2.05) is 11.8 Å². The molecule has 2 N–H and O–H groups in total. The van der Waals surface area contributed by atoms with Crippen LogP contribution in [-0.2, 0) is 6.42 Å². The Balaban J connectivity index is 1.23. The normalized spacial score (nSPS) is 30.5. The van der Waals surface area contributed by atoms with E-state index in [2.05, 4.69) is 42.6 Å². The third kappa shape index (κ3) is 3.10. The lowest BCUT2D eigenvalue weighted by Crippen LogP contribution is -2.35. The van der Waals surface area contributed by atoms with Gasteiger partial charge in [-0.05, 0) is 85.0 Å². The second-order valence-corrected chi connectivity index (χ2v) is 9.71. The van der Waals surface area contributed by atoms with Gasteiger partial charge in [-0.2, -0.15) is 0 Å². The van der Waals surface area contributed by atoms with Gasteiger partial charge in [-0.3, -0.25) is 0 Å². The lowest BCUT2D eigenvalue weighted by molar-refractivity contribution is 0.149. The van der Waals surface area contributed by atoms with Crippen LogP contribution in [0.3, 0.4) is 0 Å². The number of fused-ring (bicyclic) bond motifs is 1. The van der Waals surface area contributed by atoms with Crippen molar-refractivity contribution in [1.82, 2.24) is 4.98 Å². The molecule has 3 aliphatic rings. The predicted molar refractivity (Wildman–Crippen MR) is 108 cm³/mol. The third-order valence-corrected chi connectivity index (χ3v) is 8.14. The summed E-state index contributed by atoms with van der Waals surface area (Å²) in [5, 5.41) is 1.20. The maximum Gasteiger partial charge on any atom is 0.0960 e.